The van der Waals surface area contributed by atoms with E-state index in [4.69, 9.17) is 5.73 Å². The Labute approximate surface area is 164 Å². The first-order valence-electron chi connectivity index (χ1n) is 8.62. The highest BCUT2D eigenvalue weighted by molar-refractivity contribution is 5.61. The van der Waals surface area contributed by atoms with Gasteiger partial charge in [0.1, 0.15) is 34.8 Å². The molecule has 0 fully saturated rings. The molecule has 1 aromatic heterocycles. The molecule has 3 N–H and O–H groups in total. The van der Waals surface area contributed by atoms with Gasteiger partial charge in [-0.05, 0) is 43.2 Å². The van der Waals surface area contributed by atoms with Crippen molar-refractivity contribution in [3.05, 3.63) is 75.5 Å². The van der Waals surface area contributed by atoms with Crippen LogP contribution >= 0.6 is 0 Å². The van der Waals surface area contributed by atoms with Gasteiger partial charge in [-0.25, -0.2) is 13.5 Å². The third-order valence-electron chi connectivity index (χ3n) is 4.24. The summed E-state index contributed by atoms with van der Waals surface area (Å²) < 4.78 is 27.8. The number of aryl methyl sites for hydroxylation is 1. The van der Waals surface area contributed by atoms with Crippen LogP contribution in [0.15, 0.2) is 42.5 Å². The molecule has 0 atom stereocenters. The molecule has 8 nitrogen and oxygen atoms in total. The Morgan fingerprint density at radius 2 is 1.90 bits per heavy atom. The third kappa shape index (κ3) is 4.30. The zero-order valence-electron chi connectivity index (χ0n) is 15.1. The molecule has 0 radical (unpaired) electrons. The second kappa shape index (κ2) is 8.35. The topological polar surface area (TPSA) is 123 Å². The van der Waals surface area contributed by atoms with Crippen LogP contribution in [0.1, 0.15) is 17.7 Å². The number of nitro benzene ring substituents is 1. The molecular formula is C19H16F2N6O2. The summed E-state index contributed by atoms with van der Waals surface area (Å²) in [6, 6.07) is 10.7. The van der Waals surface area contributed by atoms with Crippen molar-refractivity contribution in [3.63, 3.8) is 0 Å². The number of nitriles is 1. The van der Waals surface area contributed by atoms with Crippen molar-refractivity contribution in [1.82, 2.24) is 9.78 Å². The Balaban J connectivity index is 1.71. The normalized spacial score (nSPS) is 10.5. The first kappa shape index (κ1) is 19.8. The lowest BCUT2D eigenvalue weighted by Gasteiger charge is -2.06. The lowest BCUT2D eigenvalue weighted by Crippen LogP contribution is -2.06. The van der Waals surface area contributed by atoms with E-state index in [1.165, 1.54) is 28.9 Å². The van der Waals surface area contributed by atoms with Crippen LogP contribution in [0.25, 0.3) is 5.69 Å². The predicted molar refractivity (Wildman–Crippen MR) is 103 cm³/mol. The molecule has 0 saturated carbocycles. The minimum Gasteiger partial charge on any atom is -0.382 e. The highest BCUT2D eigenvalue weighted by atomic mass is 19.1. The van der Waals surface area contributed by atoms with E-state index >= 15 is 0 Å². The molecule has 1 heterocycles. The standard InChI is InChI=1S/C19H16F2N6O2/c20-12-3-6-14(7-4-12)26-19(23)15(11-22)16(25-26)2-1-9-24-17-10-13(21)5-8-18(17)27(28)29/h3-8,10,24H,1-2,9,23H2. The highest BCUT2D eigenvalue weighted by Crippen LogP contribution is 2.25. The Hall–Kier alpha value is -4.00. The number of nitro groups is 1. The Kier molecular flexibility index (Phi) is 5.69. The van der Waals surface area contributed by atoms with Crippen molar-refractivity contribution < 1.29 is 13.7 Å². The average molecular weight is 398 g/mol. The first-order valence-corrected chi connectivity index (χ1v) is 8.62. The average Bonchev–Trinajstić information content (AvgIpc) is 3.01. The van der Waals surface area contributed by atoms with Gasteiger partial charge in [0.15, 0.2) is 0 Å². The molecular weight excluding hydrogens is 382 g/mol. The van der Waals surface area contributed by atoms with Gasteiger partial charge in [0.05, 0.1) is 16.3 Å². The van der Waals surface area contributed by atoms with Gasteiger partial charge in [-0.2, -0.15) is 10.4 Å². The number of aromatic nitrogens is 2. The van der Waals surface area contributed by atoms with Gasteiger partial charge >= 0.3 is 0 Å². The maximum absolute atomic E-state index is 13.4. The molecule has 3 rings (SSSR count). The number of nitrogens with one attached hydrogen (secondary N) is 1. The fourth-order valence-electron chi connectivity index (χ4n) is 2.84. The number of benzene rings is 2. The summed E-state index contributed by atoms with van der Waals surface area (Å²) in [7, 11) is 0. The maximum atomic E-state index is 13.4. The molecule has 10 heteroatoms. The van der Waals surface area contributed by atoms with E-state index in [0.29, 0.717) is 30.8 Å². The molecule has 0 aliphatic carbocycles. The number of hydrogen-bond donors (Lipinski definition) is 2. The summed E-state index contributed by atoms with van der Waals surface area (Å²) in [5.41, 5.74) is 7.03. The van der Waals surface area contributed by atoms with Crippen LogP contribution in [0.3, 0.4) is 0 Å². The molecule has 0 amide bonds. The van der Waals surface area contributed by atoms with Crippen LogP contribution in [0, 0.1) is 33.1 Å². The lowest BCUT2D eigenvalue weighted by molar-refractivity contribution is -0.384. The van der Waals surface area contributed by atoms with Crippen molar-refractivity contribution in [2.75, 3.05) is 17.6 Å². The molecule has 2 aromatic carbocycles. The smallest absolute Gasteiger partial charge is 0.292 e. The highest BCUT2D eigenvalue weighted by Gasteiger charge is 2.17. The summed E-state index contributed by atoms with van der Waals surface area (Å²) in [4.78, 5) is 10.4. The van der Waals surface area contributed by atoms with Gasteiger partial charge in [0, 0.05) is 18.7 Å². The maximum Gasteiger partial charge on any atom is 0.292 e. The number of halogens is 2. The zero-order valence-corrected chi connectivity index (χ0v) is 15.1. The summed E-state index contributed by atoms with van der Waals surface area (Å²) in [6.07, 6.45) is 0.819. The van der Waals surface area contributed by atoms with Crippen molar-refractivity contribution in [3.8, 4) is 11.8 Å². The Morgan fingerprint density at radius 3 is 2.55 bits per heavy atom. The van der Waals surface area contributed by atoms with Crippen LogP contribution in [0.5, 0.6) is 0 Å². The van der Waals surface area contributed by atoms with E-state index in [1.807, 2.05) is 6.07 Å². The second-order valence-corrected chi connectivity index (χ2v) is 6.16. The number of nitrogens with zero attached hydrogens (tertiary/aromatic N) is 4. The van der Waals surface area contributed by atoms with Crippen molar-refractivity contribution in [1.29, 1.82) is 5.26 Å². The van der Waals surface area contributed by atoms with Crippen LogP contribution in [-0.2, 0) is 6.42 Å². The van der Waals surface area contributed by atoms with Gasteiger partial charge in [0.2, 0.25) is 0 Å². The van der Waals surface area contributed by atoms with Crippen molar-refractivity contribution in [2.24, 2.45) is 0 Å². The quantitative estimate of drug-likeness (QED) is 0.356. The number of hydrogen-bond acceptors (Lipinski definition) is 6. The molecule has 0 aliphatic rings. The van der Waals surface area contributed by atoms with Gasteiger partial charge < -0.3 is 11.1 Å². The number of nitrogens with two attached hydrogens (primary N) is 1. The molecule has 0 saturated heterocycles. The van der Waals surface area contributed by atoms with Crippen LogP contribution in [-0.4, -0.2) is 21.2 Å². The molecule has 3 aromatic rings. The Morgan fingerprint density at radius 1 is 1.21 bits per heavy atom. The molecule has 0 aliphatic heterocycles. The third-order valence-corrected chi connectivity index (χ3v) is 4.24. The van der Waals surface area contributed by atoms with Gasteiger partial charge in [0.25, 0.3) is 5.69 Å². The molecule has 29 heavy (non-hydrogen) atoms. The van der Waals surface area contributed by atoms with Gasteiger partial charge in [-0.15, -0.1) is 0 Å². The minimum absolute atomic E-state index is 0.0758. The summed E-state index contributed by atoms with van der Waals surface area (Å²) in [5, 5.41) is 27.6. The van der Waals surface area contributed by atoms with Gasteiger partial charge in [-0.1, -0.05) is 0 Å². The fourth-order valence-corrected chi connectivity index (χ4v) is 2.84. The zero-order chi connectivity index (χ0) is 21.0. The monoisotopic (exact) mass is 398 g/mol. The van der Waals surface area contributed by atoms with Gasteiger partial charge in [-0.3, -0.25) is 10.1 Å². The van der Waals surface area contributed by atoms with E-state index < -0.39 is 16.6 Å². The summed E-state index contributed by atoms with van der Waals surface area (Å²) in [6.45, 7) is 0.290. The molecule has 0 unspecified atom stereocenters. The van der Waals surface area contributed by atoms with Crippen LogP contribution in [0.2, 0.25) is 0 Å². The first-order chi connectivity index (χ1) is 13.9. The number of anilines is 2. The van der Waals surface area contributed by atoms with Crippen molar-refractivity contribution >= 4 is 17.2 Å². The predicted octanol–water partition coefficient (Wildman–Crippen LogP) is 3.56. The minimum atomic E-state index is -0.597. The summed E-state index contributed by atoms with van der Waals surface area (Å²) >= 11 is 0. The fraction of sp³-hybridized carbons (Fsp3) is 0.158. The number of nitrogen functional groups attached to an aromatic ring is 1. The SMILES string of the molecule is N#Cc1c(CCCNc2cc(F)ccc2[N+](=O)[O-])nn(-c2ccc(F)cc2)c1N. The molecule has 0 bridgehead atoms. The van der Waals surface area contributed by atoms with E-state index in [1.54, 1.807) is 0 Å². The molecule has 0 spiro atoms. The Bertz CT molecular complexity index is 1090. The largest absolute Gasteiger partial charge is 0.382 e. The van der Waals surface area contributed by atoms with Crippen molar-refractivity contribution in [2.45, 2.75) is 12.8 Å². The van der Waals surface area contributed by atoms with Crippen LogP contribution in [0.4, 0.5) is 26.0 Å². The lowest BCUT2D eigenvalue weighted by atomic mass is 10.1. The van der Waals surface area contributed by atoms with Crippen LogP contribution < -0.4 is 11.1 Å². The number of rotatable bonds is 7. The summed E-state index contributed by atoms with van der Waals surface area (Å²) in [5.74, 6) is -0.851. The second-order valence-electron chi connectivity index (χ2n) is 6.16. The van der Waals surface area contributed by atoms with E-state index in [9.17, 15) is 24.2 Å². The van der Waals surface area contributed by atoms with E-state index in [-0.39, 0.29) is 22.8 Å². The van der Waals surface area contributed by atoms with E-state index in [2.05, 4.69) is 10.4 Å². The molecule has 148 valence electrons. The van der Waals surface area contributed by atoms with E-state index in [0.717, 1.165) is 18.2 Å².